The van der Waals surface area contributed by atoms with Crippen molar-refractivity contribution in [2.24, 2.45) is 0 Å². The fourth-order valence-corrected chi connectivity index (χ4v) is 2.48. The molecular formula is C12H15ClN4S. The van der Waals surface area contributed by atoms with Gasteiger partial charge in [0.2, 0.25) is 0 Å². The van der Waals surface area contributed by atoms with Crippen LogP contribution in [0, 0.1) is 13.8 Å². The molecule has 0 radical (unpaired) electrons. The predicted molar refractivity (Wildman–Crippen MR) is 75.3 cm³/mol. The Bertz CT molecular complexity index is 553. The molecule has 0 aliphatic heterocycles. The van der Waals surface area contributed by atoms with Gasteiger partial charge in [-0.05, 0) is 20.3 Å². The third-order valence-corrected chi connectivity index (χ3v) is 4.03. The first-order valence-corrected chi connectivity index (χ1v) is 6.97. The van der Waals surface area contributed by atoms with Crippen molar-refractivity contribution in [2.45, 2.75) is 33.7 Å². The number of nitrogens with zero attached hydrogens (tertiary/aromatic N) is 3. The van der Waals surface area contributed by atoms with E-state index in [9.17, 15) is 0 Å². The highest BCUT2D eigenvalue weighted by Crippen LogP contribution is 2.20. The second kappa shape index (κ2) is 5.63. The van der Waals surface area contributed by atoms with Crippen molar-refractivity contribution >= 4 is 28.8 Å². The Kier molecular flexibility index (Phi) is 4.14. The second-order valence-corrected chi connectivity index (χ2v) is 5.52. The lowest BCUT2D eigenvalue weighted by Crippen LogP contribution is -2.05. The number of anilines is 1. The SMILES string of the molecule is CCc1cnc(CNc2nc(C)c(C)nc2Cl)s1. The van der Waals surface area contributed by atoms with Crippen LogP contribution in [0.25, 0.3) is 0 Å². The standard InChI is InChI=1S/C12H15ClN4S/c1-4-9-5-14-10(18-9)6-15-12-11(13)16-7(2)8(3)17-12/h5H,4,6H2,1-3H3,(H,15,17). The molecule has 1 N–H and O–H groups in total. The summed E-state index contributed by atoms with van der Waals surface area (Å²) in [5.41, 5.74) is 1.74. The Balaban J connectivity index is 2.08. The summed E-state index contributed by atoms with van der Waals surface area (Å²) in [4.78, 5) is 14.2. The molecule has 0 amide bonds. The molecular weight excluding hydrogens is 268 g/mol. The first-order chi connectivity index (χ1) is 8.60. The molecule has 0 atom stereocenters. The van der Waals surface area contributed by atoms with Gasteiger partial charge in [-0.1, -0.05) is 18.5 Å². The Labute approximate surface area is 115 Å². The molecule has 2 aromatic rings. The highest BCUT2D eigenvalue weighted by Gasteiger charge is 2.07. The summed E-state index contributed by atoms with van der Waals surface area (Å²) < 4.78 is 0. The van der Waals surface area contributed by atoms with Crippen molar-refractivity contribution in [1.29, 1.82) is 0 Å². The van der Waals surface area contributed by atoms with Gasteiger partial charge in [-0.15, -0.1) is 11.3 Å². The maximum atomic E-state index is 6.05. The first kappa shape index (κ1) is 13.2. The highest BCUT2D eigenvalue weighted by molar-refractivity contribution is 7.11. The summed E-state index contributed by atoms with van der Waals surface area (Å²) in [6.07, 6.45) is 2.93. The molecule has 0 bridgehead atoms. The van der Waals surface area contributed by atoms with Crippen LogP contribution in [0.2, 0.25) is 5.15 Å². The average Bonchev–Trinajstić information content (AvgIpc) is 2.80. The molecule has 0 aliphatic rings. The van der Waals surface area contributed by atoms with Crippen LogP contribution < -0.4 is 5.32 Å². The van der Waals surface area contributed by atoms with Crippen LogP contribution in [0.3, 0.4) is 0 Å². The number of aromatic nitrogens is 3. The normalized spacial score (nSPS) is 10.7. The van der Waals surface area contributed by atoms with Crippen LogP contribution >= 0.6 is 22.9 Å². The molecule has 2 heterocycles. The van der Waals surface area contributed by atoms with Gasteiger partial charge in [-0.25, -0.2) is 15.0 Å². The summed E-state index contributed by atoms with van der Waals surface area (Å²) in [7, 11) is 0. The van der Waals surface area contributed by atoms with E-state index in [2.05, 4.69) is 27.2 Å². The number of hydrogen-bond acceptors (Lipinski definition) is 5. The van der Waals surface area contributed by atoms with E-state index in [1.165, 1.54) is 4.88 Å². The number of aryl methyl sites for hydroxylation is 3. The van der Waals surface area contributed by atoms with Crippen molar-refractivity contribution in [3.8, 4) is 0 Å². The number of rotatable bonds is 4. The quantitative estimate of drug-likeness (QED) is 0.934. The molecule has 4 nitrogen and oxygen atoms in total. The molecule has 0 saturated heterocycles. The van der Waals surface area contributed by atoms with Crippen LogP contribution in [-0.2, 0) is 13.0 Å². The zero-order valence-electron chi connectivity index (χ0n) is 10.6. The number of hydrogen-bond donors (Lipinski definition) is 1. The number of halogens is 1. The van der Waals surface area contributed by atoms with E-state index >= 15 is 0 Å². The third-order valence-electron chi connectivity index (χ3n) is 2.62. The van der Waals surface area contributed by atoms with Crippen LogP contribution in [0.4, 0.5) is 5.82 Å². The minimum absolute atomic E-state index is 0.408. The van der Waals surface area contributed by atoms with Gasteiger partial charge in [0, 0.05) is 11.1 Å². The van der Waals surface area contributed by atoms with Gasteiger partial charge in [-0.2, -0.15) is 0 Å². The predicted octanol–water partition coefficient (Wildman–Crippen LogP) is 3.38. The zero-order chi connectivity index (χ0) is 13.1. The van der Waals surface area contributed by atoms with Crippen molar-refractivity contribution < 1.29 is 0 Å². The fraction of sp³-hybridized carbons (Fsp3) is 0.417. The summed E-state index contributed by atoms with van der Waals surface area (Å²) >= 11 is 7.75. The van der Waals surface area contributed by atoms with Gasteiger partial charge in [0.15, 0.2) is 11.0 Å². The highest BCUT2D eigenvalue weighted by atomic mass is 35.5. The molecule has 2 aromatic heterocycles. The molecule has 0 spiro atoms. The zero-order valence-corrected chi connectivity index (χ0v) is 12.2. The minimum Gasteiger partial charge on any atom is -0.361 e. The fourth-order valence-electron chi connectivity index (χ4n) is 1.44. The van der Waals surface area contributed by atoms with Gasteiger partial charge >= 0.3 is 0 Å². The van der Waals surface area contributed by atoms with E-state index in [1.54, 1.807) is 11.3 Å². The first-order valence-electron chi connectivity index (χ1n) is 5.78. The lowest BCUT2D eigenvalue weighted by Gasteiger charge is -2.07. The Hall–Kier alpha value is -1.20. The Morgan fingerprint density at radius 1 is 1.28 bits per heavy atom. The average molecular weight is 283 g/mol. The lowest BCUT2D eigenvalue weighted by molar-refractivity contribution is 1.01. The summed E-state index contributed by atoms with van der Waals surface area (Å²) in [5, 5.41) is 4.62. The summed E-state index contributed by atoms with van der Waals surface area (Å²) in [6, 6.07) is 0. The molecule has 0 aliphatic carbocycles. The van der Waals surface area contributed by atoms with Crippen LogP contribution in [-0.4, -0.2) is 15.0 Å². The Morgan fingerprint density at radius 3 is 2.67 bits per heavy atom. The maximum Gasteiger partial charge on any atom is 0.171 e. The molecule has 6 heteroatoms. The minimum atomic E-state index is 0.408. The van der Waals surface area contributed by atoms with Crippen molar-refractivity contribution in [2.75, 3.05) is 5.32 Å². The van der Waals surface area contributed by atoms with Gasteiger partial charge < -0.3 is 5.32 Å². The van der Waals surface area contributed by atoms with Crippen molar-refractivity contribution in [1.82, 2.24) is 15.0 Å². The maximum absolute atomic E-state index is 6.05. The molecule has 0 fully saturated rings. The molecule has 2 rings (SSSR count). The van der Waals surface area contributed by atoms with E-state index in [4.69, 9.17) is 11.6 Å². The number of nitrogens with one attached hydrogen (secondary N) is 1. The Morgan fingerprint density at radius 2 is 2.00 bits per heavy atom. The molecule has 18 heavy (non-hydrogen) atoms. The van der Waals surface area contributed by atoms with Crippen LogP contribution in [0.5, 0.6) is 0 Å². The topological polar surface area (TPSA) is 50.7 Å². The summed E-state index contributed by atoms with van der Waals surface area (Å²) in [6.45, 7) is 6.56. The monoisotopic (exact) mass is 282 g/mol. The largest absolute Gasteiger partial charge is 0.361 e. The second-order valence-electron chi connectivity index (χ2n) is 3.96. The number of thiazole rings is 1. The van der Waals surface area contributed by atoms with Gasteiger partial charge in [0.1, 0.15) is 5.01 Å². The van der Waals surface area contributed by atoms with E-state index in [1.807, 2.05) is 20.0 Å². The van der Waals surface area contributed by atoms with Crippen molar-refractivity contribution in [3.05, 3.63) is 32.6 Å². The van der Waals surface area contributed by atoms with Crippen LogP contribution in [0.15, 0.2) is 6.20 Å². The third kappa shape index (κ3) is 2.97. The van der Waals surface area contributed by atoms with E-state index < -0.39 is 0 Å². The van der Waals surface area contributed by atoms with E-state index in [0.29, 0.717) is 17.5 Å². The molecule has 0 aromatic carbocycles. The smallest absolute Gasteiger partial charge is 0.171 e. The van der Waals surface area contributed by atoms with Gasteiger partial charge in [-0.3, -0.25) is 0 Å². The van der Waals surface area contributed by atoms with E-state index in [-0.39, 0.29) is 0 Å². The lowest BCUT2D eigenvalue weighted by atomic mass is 10.3. The molecule has 0 saturated carbocycles. The molecule has 0 unspecified atom stereocenters. The summed E-state index contributed by atoms with van der Waals surface area (Å²) in [5.74, 6) is 0.619. The van der Waals surface area contributed by atoms with Gasteiger partial charge in [0.25, 0.3) is 0 Å². The van der Waals surface area contributed by atoms with Crippen LogP contribution in [0.1, 0.15) is 28.2 Å². The van der Waals surface area contributed by atoms with Gasteiger partial charge in [0.05, 0.1) is 17.9 Å². The van der Waals surface area contributed by atoms with Crippen molar-refractivity contribution in [3.63, 3.8) is 0 Å². The van der Waals surface area contributed by atoms with E-state index in [0.717, 1.165) is 22.8 Å². The molecule has 96 valence electrons.